The predicted molar refractivity (Wildman–Crippen MR) is 156 cm³/mol. The molecule has 1 amide bonds. The van der Waals surface area contributed by atoms with E-state index in [9.17, 15) is 19.0 Å². The molecule has 0 aromatic heterocycles. The number of benzene rings is 3. The zero-order valence-electron chi connectivity index (χ0n) is 23.7. The maximum Gasteiger partial charge on any atom is 0.407 e. The van der Waals surface area contributed by atoms with Crippen LogP contribution in [-0.2, 0) is 43.0 Å². The number of ether oxygens (including phenoxy) is 3. The van der Waals surface area contributed by atoms with Gasteiger partial charge >= 0.3 is 19.7 Å². The van der Waals surface area contributed by atoms with E-state index in [4.69, 9.17) is 18.7 Å². The average molecular weight is 584 g/mol. The highest BCUT2D eigenvalue weighted by molar-refractivity contribution is 7.52. The Hall–Kier alpha value is -3.65. The molecule has 0 aliphatic rings. The summed E-state index contributed by atoms with van der Waals surface area (Å²) in [7, 11) is -4.14. The first kappa shape index (κ1) is 31.9. The monoisotopic (exact) mass is 583 g/mol. The van der Waals surface area contributed by atoms with Crippen molar-refractivity contribution in [2.75, 3.05) is 12.8 Å². The lowest BCUT2D eigenvalue weighted by Gasteiger charge is -2.24. The van der Waals surface area contributed by atoms with E-state index in [1.54, 1.807) is 20.8 Å². The summed E-state index contributed by atoms with van der Waals surface area (Å²) in [4.78, 5) is 34.9. The van der Waals surface area contributed by atoms with Gasteiger partial charge in [-0.3, -0.25) is 9.36 Å². The van der Waals surface area contributed by atoms with Crippen LogP contribution in [0.2, 0.25) is 0 Å². The van der Waals surface area contributed by atoms with E-state index in [2.05, 4.69) is 5.32 Å². The molecule has 41 heavy (non-hydrogen) atoms. The Kier molecular flexibility index (Phi) is 12.0. The summed E-state index contributed by atoms with van der Waals surface area (Å²) in [5.41, 5.74) is 1.99. The van der Waals surface area contributed by atoms with Crippen molar-refractivity contribution in [3.05, 3.63) is 102 Å². The number of esters is 1. The Labute approximate surface area is 241 Å². The maximum atomic E-state index is 12.7. The van der Waals surface area contributed by atoms with Gasteiger partial charge in [-0.2, -0.15) is 0 Å². The quantitative estimate of drug-likeness (QED) is 0.174. The molecule has 0 fully saturated rings. The van der Waals surface area contributed by atoms with Crippen molar-refractivity contribution < 1.29 is 37.8 Å². The largest absolute Gasteiger partial charge is 0.489 e. The summed E-state index contributed by atoms with van der Waals surface area (Å²) >= 11 is 0. The molecule has 0 saturated heterocycles. The summed E-state index contributed by atoms with van der Waals surface area (Å²) in [6.07, 6.45) is -1.06. The summed E-state index contributed by atoms with van der Waals surface area (Å²) in [5.74, 6) is 0.0780. The second-order valence-corrected chi connectivity index (χ2v) is 12.5. The number of carbonyl (C=O) groups is 2. The number of carbonyl (C=O) groups excluding carboxylic acids is 2. The topological polar surface area (TPSA) is 120 Å². The normalized spacial score (nSPS) is 13.5. The molecular weight excluding hydrogens is 545 g/mol. The Morgan fingerprint density at radius 2 is 1.44 bits per heavy atom. The SMILES string of the molecule is CC(C)(C)OC(=O)N[C@@H](COP(=O)(O)CCC(=O)OCc1ccccc1)Cc1ccc(OCc2ccccc2)cc1. The van der Waals surface area contributed by atoms with Crippen molar-refractivity contribution >= 4 is 19.7 Å². The van der Waals surface area contributed by atoms with Crippen LogP contribution in [0.3, 0.4) is 0 Å². The van der Waals surface area contributed by atoms with Crippen molar-refractivity contribution in [2.24, 2.45) is 0 Å². The van der Waals surface area contributed by atoms with Crippen LogP contribution in [-0.4, -0.2) is 41.4 Å². The van der Waals surface area contributed by atoms with Crippen molar-refractivity contribution in [2.45, 2.75) is 58.5 Å². The van der Waals surface area contributed by atoms with Crippen LogP contribution in [0.1, 0.15) is 43.9 Å². The third-order valence-corrected chi connectivity index (χ3v) is 7.03. The summed E-state index contributed by atoms with van der Waals surface area (Å²) < 4.78 is 34.3. The molecule has 3 rings (SSSR count). The van der Waals surface area contributed by atoms with Crippen LogP contribution in [0, 0.1) is 0 Å². The maximum absolute atomic E-state index is 12.7. The highest BCUT2D eigenvalue weighted by Crippen LogP contribution is 2.42. The Bertz CT molecular complexity index is 1280. The van der Waals surface area contributed by atoms with Crippen molar-refractivity contribution in [1.29, 1.82) is 0 Å². The van der Waals surface area contributed by atoms with Gasteiger partial charge in [0.2, 0.25) is 0 Å². The second kappa shape index (κ2) is 15.4. The minimum Gasteiger partial charge on any atom is -0.489 e. The molecule has 2 N–H and O–H groups in total. The highest BCUT2D eigenvalue weighted by atomic mass is 31.2. The van der Waals surface area contributed by atoms with Crippen LogP contribution in [0.15, 0.2) is 84.9 Å². The fraction of sp³-hybridized carbons (Fsp3) is 0.355. The molecular formula is C31H38NO8P. The molecule has 0 heterocycles. The van der Waals surface area contributed by atoms with Crippen LogP contribution in [0.25, 0.3) is 0 Å². The van der Waals surface area contributed by atoms with E-state index < -0.39 is 37.5 Å². The minimum absolute atomic E-state index is 0.0776. The zero-order chi connectivity index (χ0) is 29.7. The number of nitrogens with one attached hydrogen (secondary N) is 1. The Balaban J connectivity index is 1.54. The first-order valence-electron chi connectivity index (χ1n) is 13.4. The number of amides is 1. The molecule has 0 radical (unpaired) electrons. The van der Waals surface area contributed by atoms with Gasteiger partial charge in [0, 0.05) is 0 Å². The Morgan fingerprint density at radius 3 is 2.02 bits per heavy atom. The van der Waals surface area contributed by atoms with E-state index in [0.717, 1.165) is 16.7 Å². The van der Waals surface area contributed by atoms with Gasteiger partial charge in [-0.25, -0.2) is 4.79 Å². The average Bonchev–Trinajstić information content (AvgIpc) is 2.93. The van der Waals surface area contributed by atoms with Gasteiger partial charge in [0.15, 0.2) is 0 Å². The van der Waals surface area contributed by atoms with Gasteiger partial charge in [-0.1, -0.05) is 72.8 Å². The first-order chi connectivity index (χ1) is 19.5. The molecule has 3 aromatic rings. The lowest BCUT2D eigenvalue weighted by molar-refractivity contribution is -0.144. The standard InChI is InChI=1S/C31H38NO8P/c1-31(2,3)40-30(34)32-27(20-24-14-16-28(17-15-24)37-21-25-10-6-4-7-11-25)23-39-41(35,36)19-18-29(33)38-22-26-12-8-5-9-13-26/h4-17,27H,18-23H2,1-3H3,(H,32,34)(H,35,36)/t27-/m1/s1. The van der Waals surface area contributed by atoms with Gasteiger partial charge in [0.05, 0.1) is 25.2 Å². The first-order valence-corrected chi connectivity index (χ1v) is 15.1. The van der Waals surface area contributed by atoms with E-state index >= 15 is 0 Å². The highest BCUT2D eigenvalue weighted by Gasteiger charge is 2.26. The van der Waals surface area contributed by atoms with Crippen LogP contribution in [0.5, 0.6) is 5.75 Å². The van der Waals surface area contributed by atoms with Crippen LogP contribution in [0.4, 0.5) is 4.79 Å². The lowest BCUT2D eigenvalue weighted by atomic mass is 10.1. The van der Waals surface area contributed by atoms with E-state index in [-0.39, 0.29) is 19.6 Å². The van der Waals surface area contributed by atoms with E-state index in [1.165, 1.54) is 0 Å². The molecule has 0 aliphatic carbocycles. The van der Waals surface area contributed by atoms with Crippen molar-refractivity contribution in [3.63, 3.8) is 0 Å². The van der Waals surface area contributed by atoms with Gasteiger partial charge in [-0.05, 0) is 56.0 Å². The van der Waals surface area contributed by atoms with E-state index in [1.807, 2.05) is 84.9 Å². The smallest absolute Gasteiger partial charge is 0.407 e. The molecule has 2 atom stereocenters. The number of alkyl carbamates (subject to hydrolysis) is 1. The van der Waals surface area contributed by atoms with Crippen molar-refractivity contribution in [3.8, 4) is 5.75 Å². The van der Waals surface area contributed by atoms with Gasteiger partial charge in [-0.15, -0.1) is 0 Å². The van der Waals surface area contributed by atoms with E-state index in [0.29, 0.717) is 18.8 Å². The summed E-state index contributed by atoms with van der Waals surface area (Å²) in [5, 5.41) is 2.72. The third-order valence-electron chi connectivity index (χ3n) is 5.69. The number of hydrogen-bond donors (Lipinski definition) is 2. The van der Waals surface area contributed by atoms with Gasteiger partial charge in [0.25, 0.3) is 0 Å². The predicted octanol–water partition coefficient (Wildman–Crippen LogP) is 6.04. The van der Waals surface area contributed by atoms with Crippen LogP contribution >= 0.6 is 7.60 Å². The van der Waals surface area contributed by atoms with Gasteiger partial charge in [0.1, 0.15) is 24.6 Å². The second-order valence-electron chi connectivity index (χ2n) is 10.5. The fourth-order valence-electron chi connectivity index (χ4n) is 3.69. The molecule has 1 unspecified atom stereocenters. The molecule has 0 saturated carbocycles. The number of rotatable bonds is 14. The fourth-order valence-corrected chi connectivity index (χ4v) is 4.69. The molecule has 220 valence electrons. The third kappa shape index (κ3) is 13.0. The lowest BCUT2D eigenvalue weighted by Crippen LogP contribution is -2.42. The summed E-state index contributed by atoms with van der Waals surface area (Å²) in [6, 6.07) is 25.6. The molecule has 9 nitrogen and oxygen atoms in total. The molecule has 0 aliphatic heterocycles. The molecule has 0 spiro atoms. The number of hydrogen-bond acceptors (Lipinski definition) is 7. The molecule has 3 aromatic carbocycles. The summed E-state index contributed by atoms with van der Waals surface area (Å²) in [6.45, 7) is 5.47. The minimum atomic E-state index is -4.14. The Morgan fingerprint density at radius 1 is 0.854 bits per heavy atom. The van der Waals surface area contributed by atoms with Gasteiger partial charge < -0.3 is 28.9 Å². The zero-order valence-corrected chi connectivity index (χ0v) is 24.5. The van der Waals surface area contributed by atoms with Crippen molar-refractivity contribution in [1.82, 2.24) is 5.32 Å². The molecule has 0 bridgehead atoms. The molecule has 10 heteroatoms. The van der Waals surface area contributed by atoms with Crippen LogP contribution < -0.4 is 10.1 Å².